The summed E-state index contributed by atoms with van der Waals surface area (Å²) in [5.41, 5.74) is 1.02. The molecule has 0 aliphatic rings. The third-order valence-electron chi connectivity index (χ3n) is 2.55. The number of ether oxygens (including phenoxy) is 1. The molecule has 0 saturated heterocycles. The molecule has 0 radical (unpaired) electrons. The first-order valence-electron chi connectivity index (χ1n) is 5.69. The van der Waals surface area contributed by atoms with Crippen LogP contribution < -0.4 is 4.74 Å². The van der Waals surface area contributed by atoms with Gasteiger partial charge in [-0.3, -0.25) is 0 Å². The van der Waals surface area contributed by atoms with Crippen molar-refractivity contribution >= 4 is 43.5 Å². The lowest BCUT2D eigenvalue weighted by atomic mass is 10.2. The first-order valence-corrected chi connectivity index (χ1v) is 7.81. The molecule has 0 bridgehead atoms. The minimum Gasteiger partial charge on any atom is -0.483 e. The van der Waals surface area contributed by atoms with E-state index in [4.69, 9.17) is 16.3 Å². The Bertz CT molecular complexity index is 551. The fraction of sp³-hybridized carbons (Fsp3) is 0.333. The second kappa shape index (κ2) is 6.72. The van der Waals surface area contributed by atoms with Gasteiger partial charge in [-0.2, -0.15) is 5.10 Å². The fourth-order valence-electron chi connectivity index (χ4n) is 1.63. The maximum absolute atomic E-state index is 5.82. The molecule has 0 amide bonds. The summed E-state index contributed by atoms with van der Waals surface area (Å²) in [6, 6.07) is 3.88. The van der Waals surface area contributed by atoms with Crippen molar-refractivity contribution in [3.8, 4) is 5.75 Å². The van der Waals surface area contributed by atoms with E-state index in [0.29, 0.717) is 12.5 Å². The standard InChI is InChI=1S/C12H12Br2ClN3O/c1-2-18-11(16-7-17-18)6-19-12-9(13)3-8(5-15)4-10(12)14/h3-4,7H,2,5-6H2,1H3. The zero-order chi connectivity index (χ0) is 13.8. The molecule has 0 aliphatic carbocycles. The van der Waals surface area contributed by atoms with Crippen LogP contribution in [0.4, 0.5) is 0 Å². The van der Waals surface area contributed by atoms with E-state index in [2.05, 4.69) is 41.9 Å². The van der Waals surface area contributed by atoms with Crippen LogP contribution in [-0.4, -0.2) is 14.8 Å². The Labute approximate surface area is 133 Å². The van der Waals surface area contributed by atoms with Crippen LogP contribution in [0.15, 0.2) is 27.4 Å². The maximum atomic E-state index is 5.82. The Morgan fingerprint density at radius 2 is 2.00 bits per heavy atom. The largest absolute Gasteiger partial charge is 0.483 e. The number of rotatable bonds is 5. The van der Waals surface area contributed by atoms with E-state index in [1.54, 1.807) is 4.68 Å². The lowest BCUT2D eigenvalue weighted by Gasteiger charge is -2.11. The Morgan fingerprint density at radius 1 is 1.32 bits per heavy atom. The highest BCUT2D eigenvalue weighted by Gasteiger charge is 2.11. The molecule has 0 fully saturated rings. The van der Waals surface area contributed by atoms with Crippen LogP contribution in [0.2, 0.25) is 0 Å². The molecule has 102 valence electrons. The molecule has 0 unspecified atom stereocenters. The van der Waals surface area contributed by atoms with Crippen LogP contribution in [0.1, 0.15) is 18.3 Å². The van der Waals surface area contributed by atoms with E-state index in [1.807, 2.05) is 19.1 Å². The van der Waals surface area contributed by atoms with E-state index in [0.717, 1.165) is 32.6 Å². The third-order valence-corrected chi connectivity index (χ3v) is 4.04. The van der Waals surface area contributed by atoms with Gasteiger partial charge in [0.1, 0.15) is 18.7 Å². The quantitative estimate of drug-likeness (QED) is 0.697. The van der Waals surface area contributed by atoms with Crippen molar-refractivity contribution in [2.75, 3.05) is 0 Å². The Balaban J connectivity index is 2.16. The monoisotopic (exact) mass is 407 g/mol. The topological polar surface area (TPSA) is 39.9 Å². The number of aryl methyl sites for hydroxylation is 1. The number of nitrogens with zero attached hydrogens (tertiary/aromatic N) is 3. The number of benzene rings is 1. The van der Waals surface area contributed by atoms with E-state index >= 15 is 0 Å². The summed E-state index contributed by atoms with van der Waals surface area (Å²) in [4.78, 5) is 4.17. The van der Waals surface area contributed by atoms with Crippen LogP contribution in [0.25, 0.3) is 0 Å². The summed E-state index contributed by atoms with van der Waals surface area (Å²) in [6.45, 7) is 3.15. The second-order valence-corrected chi connectivity index (χ2v) is 5.78. The smallest absolute Gasteiger partial charge is 0.164 e. The molecule has 1 aromatic heterocycles. The van der Waals surface area contributed by atoms with Crippen LogP contribution in [-0.2, 0) is 19.0 Å². The van der Waals surface area contributed by atoms with Gasteiger partial charge in [-0.15, -0.1) is 11.6 Å². The molecular weight excluding hydrogens is 397 g/mol. The SMILES string of the molecule is CCn1ncnc1COc1c(Br)cc(CCl)cc1Br. The summed E-state index contributed by atoms with van der Waals surface area (Å²) >= 11 is 12.8. The Kier molecular flexibility index (Phi) is 5.24. The van der Waals surface area contributed by atoms with Gasteiger partial charge in [-0.05, 0) is 56.5 Å². The number of halogens is 3. The van der Waals surface area contributed by atoms with Crippen LogP contribution in [0.5, 0.6) is 5.75 Å². The first kappa shape index (κ1) is 14.8. The number of hydrogen-bond acceptors (Lipinski definition) is 3. The van der Waals surface area contributed by atoms with Crippen molar-refractivity contribution in [1.29, 1.82) is 0 Å². The van der Waals surface area contributed by atoms with E-state index < -0.39 is 0 Å². The van der Waals surface area contributed by atoms with Gasteiger partial charge in [0.05, 0.1) is 8.95 Å². The van der Waals surface area contributed by atoms with Crippen molar-refractivity contribution in [3.05, 3.63) is 38.8 Å². The minimum absolute atomic E-state index is 0.366. The first-order chi connectivity index (χ1) is 9.15. The van der Waals surface area contributed by atoms with Crippen LogP contribution in [0, 0.1) is 0 Å². The van der Waals surface area contributed by atoms with E-state index in [9.17, 15) is 0 Å². The van der Waals surface area contributed by atoms with E-state index in [-0.39, 0.29) is 0 Å². The molecule has 1 aromatic carbocycles. The van der Waals surface area contributed by atoms with Crippen LogP contribution >= 0.6 is 43.5 Å². The normalized spacial score (nSPS) is 10.7. The van der Waals surface area contributed by atoms with Gasteiger partial charge in [-0.1, -0.05) is 0 Å². The minimum atomic E-state index is 0.366. The average Bonchev–Trinajstić information content (AvgIpc) is 2.85. The van der Waals surface area contributed by atoms with Gasteiger partial charge in [-0.25, -0.2) is 9.67 Å². The van der Waals surface area contributed by atoms with Gasteiger partial charge >= 0.3 is 0 Å². The average molecular weight is 410 g/mol. The molecule has 0 saturated carbocycles. The molecule has 2 rings (SSSR count). The van der Waals surface area contributed by atoms with Crippen molar-refractivity contribution in [3.63, 3.8) is 0 Å². The predicted molar refractivity (Wildman–Crippen MR) is 81.4 cm³/mol. The lowest BCUT2D eigenvalue weighted by Crippen LogP contribution is -2.07. The van der Waals surface area contributed by atoms with Gasteiger partial charge in [0.15, 0.2) is 5.82 Å². The number of alkyl halides is 1. The second-order valence-electron chi connectivity index (χ2n) is 3.80. The molecule has 0 atom stereocenters. The molecule has 0 spiro atoms. The fourth-order valence-corrected chi connectivity index (χ4v) is 3.29. The number of hydrogen-bond donors (Lipinski definition) is 0. The number of aromatic nitrogens is 3. The summed E-state index contributed by atoms with van der Waals surface area (Å²) in [5, 5.41) is 4.10. The Morgan fingerprint density at radius 3 is 2.58 bits per heavy atom. The molecule has 0 N–H and O–H groups in total. The highest BCUT2D eigenvalue weighted by atomic mass is 79.9. The van der Waals surface area contributed by atoms with Crippen molar-refractivity contribution < 1.29 is 4.74 Å². The summed E-state index contributed by atoms with van der Waals surface area (Å²) in [6.07, 6.45) is 1.53. The molecule has 19 heavy (non-hydrogen) atoms. The molecule has 2 aromatic rings. The summed E-state index contributed by atoms with van der Waals surface area (Å²) in [5.74, 6) is 1.99. The summed E-state index contributed by atoms with van der Waals surface area (Å²) < 4.78 is 9.32. The molecule has 0 aliphatic heterocycles. The van der Waals surface area contributed by atoms with Crippen LogP contribution in [0.3, 0.4) is 0 Å². The maximum Gasteiger partial charge on any atom is 0.164 e. The lowest BCUT2D eigenvalue weighted by molar-refractivity contribution is 0.283. The predicted octanol–water partition coefficient (Wildman–Crippen LogP) is 4.14. The highest BCUT2D eigenvalue weighted by molar-refractivity contribution is 9.11. The van der Waals surface area contributed by atoms with Crippen molar-refractivity contribution in [2.24, 2.45) is 0 Å². The Hall–Kier alpha value is -0.590. The van der Waals surface area contributed by atoms with Crippen molar-refractivity contribution in [2.45, 2.75) is 26.0 Å². The van der Waals surface area contributed by atoms with Gasteiger partial charge < -0.3 is 4.74 Å². The van der Waals surface area contributed by atoms with Crippen molar-refractivity contribution in [1.82, 2.24) is 14.8 Å². The highest BCUT2D eigenvalue weighted by Crippen LogP contribution is 2.35. The molecule has 1 heterocycles. The molecular formula is C12H12Br2ClN3O. The molecule has 7 heteroatoms. The molecule has 4 nitrogen and oxygen atoms in total. The zero-order valence-electron chi connectivity index (χ0n) is 10.2. The zero-order valence-corrected chi connectivity index (χ0v) is 14.2. The van der Waals surface area contributed by atoms with E-state index in [1.165, 1.54) is 6.33 Å². The third kappa shape index (κ3) is 3.49. The van der Waals surface area contributed by atoms with Gasteiger partial charge in [0.25, 0.3) is 0 Å². The summed E-state index contributed by atoms with van der Waals surface area (Å²) in [7, 11) is 0. The van der Waals surface area contributed by atoms with Gasteiger partial charge in [0, 0.05) is 12.4 Å². The van der Waals surface area contributed by atoms with Gasteiger partial charge in [0.2, 0.25) is 0 Å².